The summed E-state index contributed by atoms with van der Waals surface area (Å²) in [7, 11) is 0. The predicted octanol–water partition coefficient (Wildman–Crippen LogP) is 1.41. The maximum absolute atomic E-state index is 12.5. The van der Waals surface area contributed by atoms with Gasteiger partial charge in [0.2, 0.25) is 11.8 Å². The molecule has 112 valence electrons. The molecule has 4 atom stereocenters. The molecule has 3 rings (SSSR count). The van der Waals surface area contributed by atoms with E-state index in [4.69, 9.17) is 11.5 Å². The van der Waals surface area contributed by atoms with Crippen LogP contribution < -0.4 is 16.8 Å². The van der Waals surface area contributed by atoms with Gasteiger partial charge in [-0.15, -0.1) is 0 Å². The van der Waals surface area contributed by atoms with Crippen LogP contribution in [0, 0.1) is 24.7 Å². The first-order valence-corrected chi connectivity index (χ1v) is 7.44. The molecule has 1 aromatic rings. The lowest BCUT2D eigenvalue weighted by Crippen LogP contribution is -2.42. The minimum Gasteiger partial charge on any atom is -0.366 e. The van der Waals surface area contributed by atoms with Gasteiger partial charge in [0.1, 0.15) is 0 Å². The lowest BCUT2D eigenvalue weighted by Gasteiger charge is -2.27. The Morgan fingerprint density at radius 3 is 2.57 bits per heavy atom. The molecule has 2 saturated carbocycles. The van der Waals surface area contributed by atoms with Gasteiger partial charge >= 0.3 is 0 Å². The largest absolute Gasteiger partial charge is 0.366 e. The Bertz CT molecular complexity index is 597. The lowest BCUT2D eigenvalue weighted by molar-refractivity contribution is -0.121. The van der Waals surface area contributed by atoms with Crippen LogP contribution in [0.1, 0.15) is 35.2 Å². The van der Waals surface area contributed by atoms with E-state index in [1.807, 2.05) is 6.92 Å². The Morgan fingerprint density at radius 1 is 1.24 bits per heavy atom. The van der Waals surface area contributed by atoms with Crippen molar-refractivity contribution >= 4 is 17.5 Å². The Hall–Kier alpha value is -1.88. The van der Waals surface area contributed by atoms with Gasteiger partial charge in [0.15, 0.2) is 0 Å². The summed E-state index contributed by atoms with van der Waals surface area (Å²) in [4.78, 5) is 23.8. The SMILES string of the molecule is Cc1ccc(C(N)=O)cc1NC(=O)C1C2CCC(C2)C1N. The monoisotopic (exact) mass is 287 g/mol. The molecule has 5 nitrogen and oxygen atoms in total. The van der Waals surface area contributed by atoms with E-state index in [1.54, 1.807) is 18.2 Å². The first-order chi connectivity index (χ1) is 9.97. The van der Waals surface area contributed by atoms with Crippen molar-refractivity contribution in [3.05, 3.63) is 29.3 Å². The van der Waals surface area contributed by atoms with Crippen LogP contribution in [0.5, 0.6) is 0 Å². The zero-order valence-corrected chi connectivity index (χ0v) is 12.1. The number of benzene rings is 1. The van der Waals surface area contributed by atoms with Crippen molar-refractivity contribution in [3.8, 4) is 0 Å². The molecule has 2 aliphatic carbocycles. The molecule has 0 radical (unpaired) electrons. The minimum absolute atomic E-state index is 0.0283. The van der Waals surface area contributed by atoms with Crippen molar-refractivity contribution in [1.29, 1.82) is 0 Å². The Morgan fingerprint density at radius 2 is 1.95 bits per heavy atom. The lowest BCUT2D eigenvalue weighted by atomic mass is 9.84. The van der Waals surface area contributed by atoms with Crippen LogP contribution in [-0.4, -0.2) is 17.9 Å². The predicted molar refractivity (Wildman–Crippen MR) is 80.6 cm³/mol. The summed E-state index contributed by atoms with van der Waals surface area (Å²) in [5.41, 5.74) is 13.4. The second kappa shape index (κ2) is 5.15. The van der Waals surface area contributed by atoms with Gasteiger partial charge in [-0.1, -0.05) is 6.07 Å². The number of carbonyl (C=O) groups excluding carboxylic acids is 2. The number of fused-ring (bicyclic) bond motifs is 2. The van der Waals surface area contributed by atoms with E-state index in [1.165, 1.54) is 0 Å². The first-order valence-electron chi connectivity index (χ1n) is 7.44. The fraction of sp³-hybridized carbons (Fsp3) is 0.500. The number of primary amides is 1. The van der Waals surface area contributed by atoms with Gasteiger partial charge in [-0.3, -0.25) is 9.59 Å². The Kier molecular flexibility index (Phi) is 3.45. The highest BCUT2D eigenvalue weighted by Gasteiger charge is 2.49. The van der Waals surface area contributed by atoms with E-state index in [0.717, 1.165) is 24.8 Å². The third-order valence-corrected chi connectivity index (χ3v) is 5.06. The molecule has 21 heavy (non-hydrogen) atoms. The maximum atomic E-state index is 12.5. The third kappa shape index (κ3) is 2.42. The maximum Gasteiger partial charge on any atom is 0.248 e. The fourth-order valence-corrected chi connectivity index (χ4v) is 3.85. The molecule has 0 aromatic heterocycles. The van der Waals surface area contributed by atoms with Crippen LogP contribution in [0.4, 0.5) is 5.69 Å². The average molecular weight is 287 g/mol. The van der Waals surface area contributed by atoms with E-state index < -0.39 is 5.91 Å². The summed E-state index contributed by atoms with van der Waals surface area (Å²) in [5.74, 6) is 0.260. The van der Waals surface area contributed by atoms with Crippen LogP contribution in [0.15, 0.2) is 18.2 Å². The molecular formula is C16H21N3O2. The van der Waals surface area contributed by atoms with Crippen molar-refractivity contribution in [2.24, 2.45) is 29.2 Å². The van der Waals surface area contributed by atoms with Gasteiger partial charge in [-0.25, -0.2) is 0 Å². The summed E-state index contributed by atoms with van der Waals surface area (Å²) < 4.78 is 0. The van der Waals surface area contributed by atoms with Crippen molar-refractivity contribution < 1.29 is 9.59 Å². The van der Waals surface area contributed by atoms with E-state index in [0.29, 0.717) is 23.1 Å². The quantitative estimate of drug-likeness (QED) is 0.783. The number of carbonyl (C=O) groups is 2. The van der Waals surface area contributed by atoms with Gasteiger partial charge in [0.05, 0.1) is 5.92 Å². The number of amides is 2. The van der Waals surface area contributed by atoms with Crippen LogP contribution in [0.25, 0.3) is 0 Å². The second-order valence-electron chi connectivity index (χ2n) is 6.32. The summed E-state index contributed by atoms with van der Waals surface area (Å²) >= 11 is 0. The molecular weight excluding hydrogens is 266 g/mol. The van der Waals surface area contributed by atoms with Crippen LogP contribution in [0.3, 0.4) is 0 Å². The van der Waals surface area contributed by atoms with Crippen molar-refractivity contribution in [1.82, 2.24) is 0 Å². The van der Waals surface area contributed by atoms with E-state index in [-0.39, 0.29) is 17.9 Å². The topological polar surface area (TPSA) is 98.2 Å². The number of hydrogen-bond acceptors (Lipinski definition) is 3. The summed E-state index contributed by atoms with van der Waals surface area (Å²) in [6, 6.07) is 5.05. The first kappa shape index (κ1) is 14.1. The third-order valence-electron chi connectivity index (χ3n) is 5.06. The van der Waals surface area contributed by atoms with Crippen LogP contribution >= 0.6 is 0 Å². The van der Waals surface area contributed by atoms with Crippen molar-refractivity contribution in [2.75, 3.05) is 5.32 Å². The molecule has 2 fully saturated rings. The number of nitrogens with two attached hydrogens (primary N) is 2. The molecule has 5 N–H and O–H groups in total. The van der Waals surface area contributed by atoms with Crippen molar-refractivity contribution in [2.45, 2.75) is 32.2 Å². The van der Waals surface area contributed by atoms with Gasteiger partial charge in [-0.05, 0) is 55.7 Å². The molecule has 0 spiro atoms. The molecule has 2 bridgehead atoms. The van der Waals surface area contributed by atoms with Crippen LogP contribution in [-0.2, 0) is 4.79 Å². The van der Waals surface area contributed by atoms with Gasteiger partial charge in [-0.2, -0.15) is 0 Å². The molecule has 5 heteroatoms. The van der Waals surface area contributed by atoms with E-state index >= 15 is 0 Å². The fourth-order valence-electron chi connectivity index (χ4n) is 3.85. The highest BCUT2D eigenvalue weighted by molar-refractivity contribution is 5.98. The number of aryl methyl sites for hydroxylation is 1. The summed E-state index contributed by atoms with van der Waals surface area (Å²) in [6.45, 7) is 1.89. The molecule has 0 saturated heterocycles. The van der Waals surface area contributed by atoms with Gasteiger partial charge in [0.25, 0.3) is 0 Å². The second-order valence-corrected chi connectivity index (χ2v) is 6.32. The van der Waals surface area contributed by atoms with Gasteiger partial charge in [0, 0.05) is 17.3 Å². The van der Waals surface area contributed by atoms with E-state index in [9.17, 15) is 9.59 Å². The minimum atomic E-state index is -0.498. The molecule has 2 amide bonds. The molecule has 2 aliphatic rings. The Balaban J connectivity index is 1.79. The van der Waals surface area contributed by atoms with Crippen LogP contribution in [0.2, 0.25) is 0 Å². The molecule has 0 heterocycles. The Labute approximate surface area is 124 Å². The molecule has 4 unspecified atom stereocenters. The number of rotatable bonds is 3. The summed E-state index contributed by atoms with van der Waals surface area (Å²) in [5, 5.41) is 2.94. The average Bonchev–Trinajstić information content (AvgIpc) is 3.01. The van der Waals surface area contributed by atoms with Crippen molar-refractivity contribution in [3.63, 3.8) is 0 Å². The molecule has 1 aromatic carbocycles. The smallest absolute Gasteiger partial charge is 0.248 e. The molecule has 0 aliphatic heterocycles. The zero-order valence-electron chi connectivity index (χ0n) is 12.1. The van der Waals surface area contributed by atoms with Gasteiger partial charge < -0.3 is 16.8 Å². The highest BCUT2D eigenvalue weighted by Crippen LogP contribution is 2.47. The normalized spacial score (nSPS) is 30.4. The van der Waals surface area contributed by atoms with E-state index in [2.05, 4.69) is 5.32 Å². The summed E-state index contributed by atoms with van der Waals surface area (Å²) in [6.07, 6.45) is 3.31. The zero-order chi connectivity index (χ0) is 15.1. The standard InChI is InChI=1S/C16H21N3O2/c1-8-2-3-11(15(18)20)7-12(8)19-16(21)13-9-4-5-10(6-9)14(13)17/h2-3,7,9-10,13-14H,4-6,17H2,1H3,(H2,18,20)(H,19,21). The number of anilines is 1. The number of hydrogen-bond donors (Lipinski definition) is 3. The number of nitrogens with one attached hydrogen (secondary N) is 1. The highest BCUT2D eigenvalue weighted by atomic mass is 16.2.